The van der Waals surface area contributed by atoms with E-state index in [0.717, 1.165) is 0 Å². The zero-order chi connectivity index (χ0) is 13.8. The second-order valence-corrected chi connectivity index (χ2v) is 4.90. The molecule has 1 rings (SSSR count). The highest BCUT2D eigenvalue weighted by molar-refractivity contribution is 6.42. The summed E-state index contributed by atoms with van der Waals surface area (Å²) in [4.78, 5) is 11.6. The van der Waals surface area contributed by atoms with Crippen molar-refractivity contribution in [2.45, 2.75) is 12.5 Å². The Bertz CT molecular complexity index is 436. The molecule has 100 valence electrons. The second-order valence-electron chi connectivity index (χ2n) is 4.08. The normalized spacial score (nSPS) is 11.2. The van der Waals surface area contributed by atoms with Gasteiger partial charge in [-0.05, 0) is 25.1 Å². The van der Waals surface area contributed by atoms with Crippen LogP contribution in [0.4, 0.5) is 10.5 Å². The Balaban J connectivity index is 2.67. The minimum atomic E-state index is -1.08. The third-order valence-corrected chi connectivity index (χ3v) is 3.03. The van der Waals surface area contributed by atoms with Crippen molar-refractivity contribution in [1.82, 2.24) is 5.32 Å². The largest absolute Gasteiger partial charge is 0.394 e. The van der Waals surface area contributed by atoms with Gasteiger partial charge in [0.1, 0.15) is 0 Å². The fraction of sp³-hybridized carbons (Fsp3) is 0.364. The maximum absolute atomic E-state index is 11.6. The summed E-state index contributed by atoms with van der Waals surface area (Å²) in [5.41, 5.74) is -0.625. The van der Waals surface area contributed by atoms with Gasteiger partial charge in [-0.2, -0.15) is 0 Å². The Morgan fingerprint density at radius 3 is 2.39 bits per heavy atom. The van der Waals surface area contributed by atoms with E-state index >= 15 is 0 Å². The molecule has 0 aliphatic heterocycles. The molecule has 0 aromatic heterocycles. The Kier molecular flexibility index (Phi) is 5.22. The third-order valence-electron chi connectivity index (χ3n) is 2.29. The molecule has 0 saturated carbocycles. The average Bonchev–Trinajstić information content (AvgIpc) is 2.33. The van der Waals surface area contributed by atoms with Crippen LogP contribution in [-0.2, 0) is 0 Å². The zero-order valence-electron chi connectivity index (χ0n) is 9.70. The van der Waals surface area contributed by atoms with Gasteiger partial charge in [0.15, 0.2) is 0 Å². The fourth-order valence-corrected chi connectivity index (χ4v) is 1.44. The fourth-order valence-electron chi connectivity index (χ4n) is 1.14. The van der Waals surface area contributed by atoms with Crippen LogP contribution in [0.5, 0.6) is 0 Å². The maximum Gasteiger partial charge on any atom is 0.319 e. The van der Waals surface area contributed by atoms with Gasteiger partial charge in [0.05, 0.1) is 28.8 Å². The number of hydrogen-bond donors (Lipinski definition) is 4. The molecular weight excluding hydrogens is 279 g/mol. The highest BCUT2D eigenvalue weighted by Gasteiger charge is 2.24. The van der Waals surface area contributed by atoms with Crippen LogP contribution in [0.2, 0.25) is 10.0 Å². The van der Waals surface area contributed by atoms with E-state index in [2.05, 4.69) is 10.6 Å². The number of benzene rings is 1. The number of halogens is 2. The smallest absolute Gasteiger partial charge is 0.319 e. The summed E-state index contributed by atoms with van der Waals surface area (Å²) in [6, 6.07) is 4.08. The third kappa shape index (κ3) is 4.03. The predicted molar refractivity (Wildman–Crippen MR) is 71.2 cm³/mol. The van der Waals surface area contributed by atoms with Crippen LogP contribution in [-0.4, -0.2) is 35.0 Å². The standard InChI is InChI=1S/C11H14Cl2N2O3/c1-11(5-16,6-17)15-10(18)14-7-2-3-8(12)9(13)4-7/h2-4,16-17H,5-6H2,1H3,(H2,14,15,18). The van der Waals surface area contributed by atoms with E-state index in [9.17, 15) is 4.79 Å². The molecule has 0 bridgehead atoms. The van der Waals surface area contributed by atoms with Gasteiger partial charge in [0.25, 0.3) is 0 Å². The molecule has 0 radical (unpaired) electrons. The Hall–Kier alpha value is -1.01. The average molecular weight is 293 g/mol. The first-order valence-corrected chi connectivity index (χ1v) is 5.92. The number of rotatable bonds is 4. The van der Waals surface area contributed by atoms with Crippen LogP contribution in [0.15, 0.2) is 18.2 Å². The Labute approximate surface area is 115 Å². The molecule has 5 nitrogen and oxygen atoms in total. The predicted octanol–water partition coefficient (Wildman–Crippen LogP) is 1.86. The summed E-state index contributed by atoms with van der Waals surface area (Å²) in [7, 11) is 0. The first-order chi connectivity index (χ1) is 8.40. The number of carbonyl (C=O) groups excluding carboxylic acids is 1. The molecule has 0 unspecified atom stereocenters. The van der Waals surface area contributed by atoms with Crippen molar-refractivity contribution < 1.29 is 15.0 Å². The first kappa shape index (κ1) is 15.0. The van der Waals surface area contributed by atoms with Gasteiger partial charge in [-0.15, -0.1) is 0 Å². The van der Waals surface area contributed by atoms with E-state index in [0.29, 0.717) is 15.7 Å². The lowest BCUT2D eigenvalue weighted by Crippen LogP contribution is -2.53. The number of amides is 2. The SMILES string of the molecule is CC(CO)(CO)NC(=O)Nc1ccc(Cl)c(Cl)c1. The number of aliphatic hydroxyl groups excluding tert-OH is 2. The van der Waals surface area contributed by atoms with Crippen molar-refractivity contribution >= 4 is 34.9 Å². The molecule has 2 amide bonds. The van der Waals surface area contributed by atoms with E-state index in [1.54, 1.807) is 12.1 Å². The summed E-state index contributed by atoms with van der Waals surface area (Å²) in [6.45, 7) is 0.762. The van der Waals surface area contributed by atoms with Gasteiger partial charge in [0, 0.05) is 5.69 Å². The molecule has 0 atom stereocenters. The number of carbonyl (C=O) groups is 1. The van der Waals surface area contributed by atoms with Crippen LogP contribution < -0.4 is 10.6 Å². The minimum absolute atomic E-state index is 0.321. The van der Waals surface area contributed by atoms with E-state index in [4.69, 9.17) is 33.4 Å². The van der Waals surface area contributed by atoms with Crippen molar-refractivity contribution in [2.24, 2.45) is 0 Å². The van der Waals surface area contributed by atoms with Crippen molar-refractivity contribution in [3.63, 3.8) is 0 Å². The summed E-state index contributed by atoms with van der Waals surface area (Å²) in [6.07, 6.45) is 0. The number of urea groups is 1. The molecule has 0 aliphatic rings. The Morgan fingerprint density at radius 2 is 1.89 bits per heavy atom. The van der Waals surface area contributed by atoms with Crippen LogP contribution in [0.25, 0.3) is 0 Å². The lowest BCUT2D eigenvalue weighted by molar-refractivity contribution is 0.111. The summed E-state index contributed by atoms with van der Waals surface area (Å²) < 4.78 is 0. The van der Waals surface area contributed by atoms with Crippen LogP contribution >= 0.6 is 23.2 Å². The van der Waals surface area contributed by atoms with Gasteiger partial charge < -0.3 is 20.8 Å². The van der Waals surface area contributed by atoms with E-state index in [1.165, 1.54) is 13.0 Å². The van der Waals surface area contributed by atoms with Gasteiger partial charge in [0.2, 0.25) is 0 Å². The van der Waals surface area contributed by atoms with Crippen molar-refractivity contribution in [1.29, 1.82) is 0 Å². The molecule has 1 aromatic rings. The zero-order valence-corrected chi connectivity index (χ0v) is 11.2. The summed E-state index contributed by atoms with van der Waals surface area (Å²) in [5, 5.41) is 23.8. The molecule has 18 heavy (non-hydrogen) atoms. The van der Waals surface area contributed by atoms with E-state index < -0.39 is 11.6 Å². The molecule has 0 heterocycles. The summed E-state index contributed by atoms with van der Waals surface area (Å²) >= 11 is 11.5. The van der Waals surface area contributed by atoms with Crippen LogP contribution in [0, 0.1) is 0 Å². The second kappa shape index (κ2) is 6.24. The lowest BCUT2D eigenvalue weighted by atomic mass is 10.1. The molecule has 7 heteroatoms. The molecule has 0 fully saturated rings. The Morgan fingerprint density at radius 1 is 1.28 bits per heavy atom. The number of anilines is 1. The highest BCUT2D eigenvalue weighted by atomic mass is 35.5. The van der Waals surface area contributed by atoms with Gasteiger partial charge >= 0.3 is 6.03 Å². The van der Waals surface area contributed by atoms with Crippen molar-refractivity contribution in [2.75, 3.05) is 18.5 Å². The van der Waals surface area contributed by atoms with Crippen molar-refractivity contribution in [3.05, 3.63) is 28.2 Å². The molecule has 0 saturated heterocycles. The quantitative estimate of drug-likeness (QED) is 0.684. The highest BCUT2D eigenvalue weighted by Crippen LogP contribution is 2.24. The lowest BCUT2D eigenvalue weighted by Gasteiger charge is -2.26. The summed E-state index contributed by atoms with van der Waals surface area (Å²) in [5.74, 6) is 0. The number of aliphatic hydroxyl groups is 2. The molecular formula is C11H14Cl2N2O3. The monoisotopic (exact) mass is 292 g/mol. The topological polar surface area (TPSA) is 81.6 Å². The number of nitrogens with one attached hydrogen (secondary N) is 2. The maximum atomic E-state index is 11.6. The molecule has 4 N–H and O–H groups in total. The van der Waals surface area contributed by atoms with Gasteiger partial charge in [-0.1, -0.05) is 23.2 Å². The van der Waals surface area contributed by atoms with E-state index in [1.807, 2.05) is 0 Å². The van der Waals surface area contributed by atoms with Gasteiger partial charge in [-0.3, -0.25) is 0 Å². The first-order valence-electron chi connectivity index (χ1n) is 5.16. The van der Waals surface area contributed by atoms with Crippen molar-refractivity contribution in [3.8, 4) is 0 Å². The van der Waals surface area contributed by atoms with E-state index in [-0.39, 0.29) is 13.2 Å². The molecule has 0 aliphatic carbocycles. The van der Waals surface area contributed by atoms with Crippen LogP contribution in [0.3, 0.4) is 0 Å². The van der Waals surface area contributed by atoms with Gasteiger partial charge in [-0.25, -0.2) is 4.79 Å². The van der Waals surface area contributed by atoms with Crippen LogP contribution in [0.1, 0.15) is 6.92 Å². The molecule has 1 aromatic carbocycles. The number of hydrogen-bond acceptors (Lipinski definition) is 3. The minimum Gasteiger partial charge on any atom is -0.394 e. The molecule has 0 spiro atoms.